The second kappa shape index (κ2) is 13.9. The van der Waals surface area contributed by atoms with Crippen molar-refractivity contribution in [2.45, 2.75) is 13.1 Å². The van der Waals surface area contributed by atoms with Gasteiger partial charge in [0, 0.05) is 49.7 Å². The molecule has 12 nitrogen and oxygen atoms in total. The zero-order chi connectivity index (χ0) is 29.4. The molecule has 0 saturated carbocycles. The minimum absolute atomic E-state index is 0.102. The molecule has 0 aliphatic carbocycles. The van der Waals surface area contributed by atoms with Crippen molar-refractivity contribution in [3.05, 3.63) is 102 Å². The van der Waals surface area contributed by atoms with Crippen LogP contribution in [0.4, 0.5) is 15.8 Å². The normalized spacial score (nSPS) is 13.5. The number of nitrogens with zero attached hydrogens (tertiary/aromatic N) is 5. The van der Waals surface area contributed by atoms with Crippen LogP contribution in [0.1, 0.15) is 20.8 Å². The molecule has 41 heavy (non-hydrogen) atoms. The number of ether oxygens (including phenoxy) is 1. The highest BCUT2D eigenvalue weighted by molar-refractivity contribution is 7.09. The molecule has 0 unspecified atom stereocenters. The molecule has 2 amide bonds. The lowest BCUT2D eigenvalue weighted by molar-refractivity contribution is -0.394. The van der Waals surface area contributed by atoms with E-state index in [9.17, 15) is 34.2 Å². The molecule has 4 rings (SSSR count). The van der Waals surface area contributed by atoms with Crippen molar-refractivity contribution >= 4 is 34.5 Å². The number of thiophene rings is 1. The second-order valence-corrected chi connectivity index (χ2v) is 10.4. The van der Waals surface area contributed by atoms with Gasteiger partial charge in [-0.15, -0.1) is 11.3 Å². The fourth-order valence-electron chi connectivity index (χ4n) is 4.35. The van der Waals surface area contributed by atoms with E-state index in [0.29, 0.717) is 38.4 Å². The summed E-state index contributed by atoms with van der Waals surface area (Å²) in [6, 6.07) is 12.2. The average Bonchev–Trinajstić information content (AvgIpc) is 3.49. The van der Waals surface area contributed by atoms with Crippen molar-refractivity contribution in [2.24, 2.45) is 0 Å². The Kier molecular flexibility index (Phi) is 10.1. The molecule has 0 spiro atoms. The minimum Gasteiger partial charge on any atom is -0.379 e. The van der Waals surface area contributed by atoms with Crippen molar-refractivity contribution in [1.82, 2.24) is 14.7 Å². The Morgan fingerprint density at radius 3 is 2.20 bits per heavy atom. The number of rotatable bonds is 12. The molecule has 0 radical (unpaired) electrons. The molecule has 14 heteroatoms. The summed E-state index contributed by atoms with van der Waals surface area (Å²) in [5.41, 5.74) is -0.767. The smallest absolute Gasteiger partial charge is 0.277 e. The number of carbonyl (C=O) groups excluding carboxylic acids is 2. The third-order valence-electron chi connectivity index (χ3n) is 6.54. The lowest BCUT2D eigenvalue weighted by Crippen LogP contribution is -2.47. The van der Waals surface area contributed by atoms with Gasteiger partial charge in [0.1, 0.15) is 12.4 Å². The van der Waals surface area contributed by atoms with Gasteiger partial charge in [0.05, 0.1) is 41.2 Å². The first-order valence-electron chi connectivity index (χ1n) is 12.8. The molecule has 1 aliphatic heterocycles. The summed E-state index contributed by atoms with van der Waals surface area (Å²) < 4.78 is 18.9. The Bertz CT molecular complexity index is 1350. The Morgan fingerprint density at radius 1 is 0.951 bits per heavy atom. The third kappa shape index (κ3) is 8.36. The first-order valence-corrected chi connectivity index (χ1v) is 13.7. The topological polar surface area (TPSA) is 139 Å². The predicted molar refractivity (Wildman–Crippen MR) is 148 cm³/mol. The van der Waals surface area contributed by atoms with E-state index in [1.165, 1.54) is 28.4 Å². The SMILES string of the molecule is O=C(CN(CCN1CCOCC1)C(=O)c1cc([N+](=O)[O-])cc([N+](=O)[O-])c1)N(Cc1ccc(F)cc1)Cc1cccs1. The van der Waals surface area contributed by atoms with E-state index in [0.717, 1.165) is 23.1 Å². The Labute approximate surface area is 238 Å². The summed E-state index contributed by atoms with van der Waals surface area (Å²) in [5, 5.41) is 24.7. The summed E-state index contributed by atoms with van der Waals surface area (Å²) in [5.74, 6) is -1.55. The number of non-ortho nitro benzene ring substituents is 2. The number of hydrogen-bond acceptors (Lipinski definition) is 9. The highest BCUT2D eigenvalue weighted by Crippen LogP contribution is 2.24. The molecule has 2 aromatic carbocycles. The Morgan fingerprint density at radius 2 is 1.61 bits per heavy atom. The van der Waals surface area contributed by atoms with E-state index in [2.05, 4.69) is 4.90 Å². The van der Waals surface area contributed by atoms with Crippen LogP contribution in [-0.2, 0) is 22.6 Å². The zero-order valence-electron chi connectivity index (χ0n) is 22.0. The number of nitro groups is 2. The first-order chi connectivity index (χ1) is 19.7. The van der Waals surface area contributed by atoms with Crippen molar-refractivity contribution in [2.75, 3.05) is 45.9 Å². The van der Waals surface area contributed by atoms with E-state index in [-0.39, 0.29) is 31.7 Å². The molecule has 216 valence electrons. The number of morpholine rings is 1. The van der Waals surface area contributed by atoms with Gasteiger partial charge in [-0.2, -0.15) is 0 Å². The molecular formula is C27H28FN5O7S. The molecule has 3 aromatic rings. The third-order valence-corrected chi connectivity index (χ3v) is 7.40. The van der Waals surface area contributed by atoms with Crippen molar-refractivity contribution in [1.29, 1.82) is 0 Å². The van der Waals surface area contributed by atoms with Crippen molar-refractivity contribution in [3.8, 4) is 0 Å². The fourth-order valence-corrected chi connectivity index (χ4v) is 5.07. The first kappa shape index (κ1) is 29.7. The van der Waals surface area contributed by atoms with Crippen LogP contribution in [0.25, 0.3) is 0 Å². The zero-order valence-corrected chi connectivity index (χ0v) is 22.8. The summed E-state index contributed by atoms with van der Waals surface area (Å²) in [4.78, 5) is 54.4. The van der Waals surface area contributed by atoms with Crippen LogP contribution in [0.2, 0.25) is 0 Å². The van der Waals surface area contributed by atoms with Crippen LogP contribution in [0.5, 0.6) is 0 Å². The quantitative estimate of drug-likeness (QED) is 0.232. The molecule has 1 aliphatic rings. The number of benzene rings is 2. The average molecular weight is 586 g/mol. The standard InChI is InChI=1S/C27H28FN5O7S/c28-22-5-3-20(4-6-22)17-31(18-25-2-1-13-41-25)26(34)19-30(8-7-29-9-11-40-12-10-29)27(35)21-14-23(32(36)37)16-24(15-21)33(38)39/h1-6,13-16H,7-12,17-19H2. The Balaban J connectivity index is 1.61. The lowest BCUT2D eigenvalue weighted by Gasteiger charge is -2.31. The maximum atomic E-state index is 13.7. The second-order valence-electron chi connectivity index (χ2n) is 9.39. The van der Waals surface area contributed by atoms with E-state index in [1.54, 1.807) is 17.0 Å². The van der Waals surface area contributed by atoms with E-state index in [4.69, 9.17) is 4.74 Å². The molecular weight excluding hydrogens is 557 g/mol. The molecule has 0 bridgehead atoms. The monoisotopic (exact) mass is 585 g/mol. The van der Waals surface area contributed by atoms with Crippen molar-refractivity contribution < 1.29 is 28.6 Å². The number of carbonyl (C=O) groups is 2. The van der Waals surface area contributed by atoms with Crippen LogP contribution >= 0.6 is 11.3 Å². The van der Waals surface area contributed by atoms with Gasteiger partial charge >= 0.3 is 0 Å². The molecule has 2 heterocycles. The lowest BCUT2D eigenvalue weighted by atomic mass is 10.1. The van der Waals surface area contributed by atoms with Gasteiger partial charge in [-0.3, -0.25) is 34.7 Å². The molecule has 0 atom stereocenters. The number of nitro benzene ring substituents is 2. The molecule has 1 aromatic heterocycles. The van der Waals surface area contributed by atoms with Gasteiger partial charge in [-0.1, -0.05) is 18.2 Å². The summed E-state index contributed by atoms with van der Waals surface area (Å²) in [6.07, 6.45) is 0. The largest absolute Gasteiger partial charge is 0.379 e. The van der Waals surface area contributed by atoms with Gasteiger partial charge in [0.15, 0.2) is 0 Å². The number of hydrogen-bond donors (Lipinski definition) is 0. The molecule has 0 N–H and O–H groups in total. The molecule has 1 saturated heterocycles. The van der Waals surface area contributed by atoms with Crippen LogP contribution in [0, 0.1) is 26.0 Å². The maximum Gasteiger partial charge on any atom is 0.277 e. The highest BCUT2D eigenvalue weighted by Gasteiger charge is 2.27. The van der Waals surface area contributed by atoms with Gasteiger partial charge in [-0.25, -0.2) is 4.39 Å². The predicted octanol–water partition coefficient (Wildman–Crippen LogP) is 3.71. The van der Waals surface area contributed by atoms with E-state index in [1.807, 2.05) is 17.5 Å². The minimum atomic E-state index is -0.807. The van der Waals surface area contributed by atoms with Gasteiger partial charge in [0.25, 0.3) is 17.3 Å². The summed E-state index contributed by atoms with van der Waals surface area (Å²) in [7, 11) is 0. The fraction of sp³-hybridized carbons (Fsp3) is 0.333. The maximum absolute atomic E-state index is 13.7. The van der Waals surface area contributed by atoms with Crippen LogP contribution in [0.3, 0.4) is 0 Å². The van der Waals surface area contributed by atoms with E-state index >= 15 is 0 Å². The van der Waals surface area contributed by atoms with E-state index < -0.39 is 38.9 Å². The summed E-state index contributed by atoms with van der Waals surface area (Å²) >= 11 is 1.46. The number of amides is 2. The van der Waals surface area contributed by atoms with Crippen LogP contribution in [-0.4, -0.2) is 82.3 Å². The van der Waals surface area contributed by atoms with Crippen molar-refractivity contribution in [3.63, 3.8) is 0 Å². The van der Waals surface area contributed by atoms with Crippen LogP contribution < -0.4 is 0 Å². The number of halogens is 1. The summed E-state index contributed by atoms with van der Waals surface area (Å²) in [6.45, 7) is 2.86. The highest BCUT2D eigenvalue weighted by atomic mass is 32.1. The van der Waals surface area contributed by atoms with Gasteiger partial charge < -0.3 is 14.5 Å². The van der Waals surface area contributed by atoms with Crippen LogP contribution in [0.15, 0.2) is 60.0 Å². The van der Waals surface area contributed by atoms with Gasteiger partial charge in [-0.05, 0) is 29.1 Å². The Hall–Kier alpha value is -4.27. The molecule has 1 fully saturated rings. The van der Waals surface area contributed by atoms with Gasteiger partial charge in [0.2, 0.25) is 5.91 Å².